The summed E-state index contributed by atoms with van der Waals surface area (Å²) >= 11 is 3.42. The number of methoxy groups -OCH3 is 4. The monoisotopic (exact) mass is 409 g/mol. The van der Waals surface area contributed by atoms with Gasteiger partial charge < -0.3 is 24.3 Å². The molecule has 0 spiro atoms. The maximum Gasteiger partial charge on any atom is 0.343 e. The smallest absolute Gasteiger partial charge is 0.343 e. The Morgan fingerprint density at radius 3 is 2.32 bits per heavy atom. The number of benzene rings is 2. The van der Waals surface area contributed by atoms with Crippen molar-refractivity contribution in [1.82, 2.24) is 0 Å². The van der Waals surface area contributed by atoms with E-state index >= 15 is 0 Å². The van der Waals surface area contributed by atoms with Crippen molar-refractivity contribution in [2.75, 3.05) is 33.8 Å². The quantitative estimate of drug-likeness (QED) is 0.700. The van der Waals surface area contributed by atoms with E-state index in [9.17, 15) is 4.79 Å². The van der Waals surface area contributed by atoms with Crippen molar-refractivity contribution in [1.29, 1.82) is 0 Å². The van der Waals surface area contributed by atoms with Crippen LogP contribution in [0.3, 0.4) is 0 Å². The van der Waals surface area contributed by atoms with Crippen LogP contribution in [0.5, 0.6) is 17.2 Å². The molecule has 0 bridgehead atoms. The highest BCUT2D eigenvalue weighted by Gasteiger charge is 2.19. The third-order valence-corrected chi connectivity index (χ3v) is 4.10. The fourth-order valence-corrected chi connectivity index (χ4v) is 2.82. The van der Waals surface area contributed by atoms with E-state index in [-0.39, 0.29) is 0 Å². The first-order valence-corrected chi connectivity index (χ1v) is 8.24. The van der Waals surface area contributed by atoms with Crippen LogP contribution in [0.15, 0.2) is 34.8 Å². The normalized spacial score (nSPS) is 10.1. The van der Waals surface area contributed by atoms with Gasteiger partial charge in [-0.2, -0.15) is 0 Å². The summed E-state index contributed by atoms with van der Waals surface area (Å²) in [6.07, 6.45) is 0. The van der Waals surface area contributed by atoms with E-state index in [1.54, 1.807) is 32.4 Å². The molecule has 0 unspecified atom stereocenters. The highest BCUT2D eigenvalue weighted by molar-refractivity contribution is 9.10. The lowest BCUT2D eigenvalue weighted by atomic mass is 10.1. The summed E-state index contributed by atoms with van der Waals surface area (Å²) in [4.78, 5) is 12.1. The first-order chi connectivity index (χ1) is 12.0. The van der Waals surface area contributed by atoms with E-state index in [0.29, 0.717) is 35.0 Å². The number of halogens is 1. The van der Waals surface area contributed by atoms with Gasteiger partial charge in [0.2, 0.25) is 0 Å². The summed E-state index contributed by atoms with van der Waals surface area (Å²) in [5, 5.41) is 3.24. The van der Waals surface area contributed by atoms with Gasteiger partial charge in [-0.15, -0.1) is 0 Å². The SMILES string of the molecule is COC(=O)c1c(NCc2ccc(OC)cc2OC)cc(Br)cc1OC. The first-order valence-electron chi connectivity index (χ1n) is 7.44. The Kier molecular flexibility index (Phi) is 6.52. The minimum absolute atomic E-state index is 0.334. The lowest BCUT2D eigenvalue weighted by molar-refractivity contribution is 0.0598. The molecule has 0 fully saturated rings. The second kappa shape index (κ2) is 8.62. The second-order valence-electron chi connectivity index (χ2n) is 5.05. The van der Waals surface area contributed by atoms with Gasteiger partial charge in [-0.05, 0) is 24.3 Å². The zero-order valence-corrected chi connectivity index (χ0v) is 16.1. The van der Waals surface area contributed by atoms with Crippen molar-refractivity contribution >= 4 is 27.6 Å². The average Bonchev–Trinajstić information content (AvgIpc) is 2.64. The summed E-state index contributed by atoms with van der Waals surface area (Å²) in [5.41, 5.74) is 1.84. The number of rotatable bonds is 7. The van der Waals surface area contributed by atoms with Crippen LogP contribution in [-0.4, -0.2) is 34.4 Å². The van der Waals surface area contributed by atoms with Gasteiger partial charge in [0, 0.05) is 22.6 Å². The summed E-state index contributed by atoms with van der Waals surface area (Å²) in [6, 6.07) is 9.07. The third-order valence-electron chi connectivity index (χ3n) is 3.64. The first kappa shape index (κ1) is 18.9. The molecule has 25 heavy (non-hydrogen) atoms. The Labute approximate surface area is 155 Å². The third kappa shape index (κ3) is 4.36. The van der Waals surface area contributed by atoms with E-state index < -0.39 is 5.97 Å². The second-order valence-corrected chi connectivity index (χ2v) is 5.97. The van der Waals surface area contributed by atoms with Crippen molar-refractivity contribution in [3.8, 4) is 17.2 Å². The molecule has 0 heterocycles. The molecule has 0 aromatic heterocycles. The van der Waals surface area contributed by atoms with Gasteiger partial charge in [-0.3, -0.25) is 0 Å². The van der Waals surface area contributed by atoms with Crippen molar-refractivity contribution in [3.05, 3.63) is 45.9 Å². The van der Waals surface area contributed by atoms with Crippen LogP contribution in [0.4, 0.5) is 5.69 Å². The molecule has 0 atom stereocenters. The van der Waals surface area contributed by atoms with Crippen LogP contribution in [0.2, 0.25) is 0 Å². The zero-order chi connectivity index (χ0) is 18.4. The van der Waals surface area contributed by atoms with Gasteiger partial charge in [0.15, 0.2) is 0 Å². The fourth-order valence-electron chi connectivity index (χ4n) is 2.38. The molecule has 2 aromatic rings. The molecule has 0 aliphatic carbocycles. The molecular weight excluding hydrogens is 390 g/mol. The molecule has 2 rings (SSSR count). The van der Waals surface area contributed by atoms with E-state index in [1.807, 2.05) is 12.1 Å². The highest BCUT2D eigenvalue weighted by atomic mass is 79.9. The molecule has 6 nitrogen and oxygen atoms in total. The molecule has 0 radical (unpaired) electrons. The van der Waals surface area contributed by atoms with Crippen LogP contribution in [-0.2, 0) is 11.3 Å². The minimum Gasteiger partial charge on any atom is -0.497 e. The fraction of sp³-hybridized carbons (Fsp3) is 0.278. The van der Waals surface area contributed by atoms with E-state index in [1.165, 1.54) is 14.2 Å². The lowest BCUT2D eigenvalue weighted by Crippen LogP contribution is -2.11. The number of hydrogen-bond donors (Lipinski definition) is 1. The highest BCUT2D eigenvalue weighted by Crippen LogP contribution is 2.33. The van der Waals surface area contributed by atoms with Crippen molar-refractivity contribution in [2.24, 2.45) is 0 Å². The number of ether oxygens (including phenoxy) is 4. The maximum atomic E-state index is 12.1. The van der Waals surface area contributed by atoms with Gasteiger partial charge in [-0.25, -0.2) is 4.79 Å². The summed E-state index contributed by atoms with van der Waals surface area (Å²) in [5.74, 6) is 1.34. The Morgan fingerprint density at radius 1 is 1.00 bits per heavy atom. The number of carbonyl (C=O) groups is 1. The summed E-state index contributed by atoms with van der Waals surface area (Å²) in [6.45, 7) is 0.441. The van der Waals surface area contributed by atoms with Crippen molar-refractivity contribution < 1.29 is 23.7 Å². The standard InChI is InChI=1S/C18H20BrNO5/c1-22-13-6-5-11(15(9-13)23-2)10-20-14-7-12(19)8-16(24-3)17(14)18(21)25-4/h5-9,20H,10H2,1-4H3. The largest absolute Gasteiger partial charge is 0.497 e. The number of esters is 1. The number of carbonyl (C=O) groups excluding carboxylic acids is 1. The number of nitrogens with one attached hydrogen (secondary N) is 1. The molecule has 134 valence electrons. The Hall–Kier alpha value is -2.41. The topological polar surface area (TPSA) is 66.0 Å². The van der Waals surface area contributed by atoms with E-state index in [2.05, 4.69) is 21.2 Å². The van der Waals surface area contributed by atoms with Crippen molar-refractivity contribution in [3.63, 3.8) is 0 Å². The molecule has 0 aliphatic rings. The summed E-state index contributed by atoms with van der Waals surface area (Å²) < 4.78 is 21.6. The van der Waals surface area contributed by atoms with Crippen LogP contribution >= 0.6 is 15.9 Å². The van der Waals surface area contributed by atoms with E-state index in [4.69, 9.17) is 18.9 Å². The molecule has 0 saturated carbocycles. The van der Waals surface area contributed by atoms with Gasteiger partial charge >= 0.3 is 5.97 Å². The van der Waals surface area contributed by atoms with Crippen LogP contribution in [0, 0.1) is 0 Å². The number of hydrogen-bond acceptors (Lipinski definition) is 6. The van der Waals surface area contributed by atoms with E-state index in [0.717, 1.165) is 10.0 Å². The molecule has 0 aliphatic heterocycles. The van der Waals surface area contributed by atoms with Gasteiger partial charge in [0.05, 0.1) is 34.1 Å². The molecule has 1 N–H and O–H groups in total. The Balaban J connectivity index is 2.34. The average molecular weight is 410 g/mol. The van der Waals surface area contributed by atoms with Gasteiger partial charge in [0.1, 0.15) is 22.8 Å². The molecule has 0 amide bonds. The molecule has 0 saturated heterocycles. The predicted molar refractivity (Wildman–Crippen MR) is 98.9 cm³/mol. The van der Waals surface area contributed by atoms with Gasteiger partial charge in [-0.1, -0.05) is 15.9 Å². The Morgan fingerprint density at radius 2 is 1.72 bits per heavy atom. The lowest BCUT2D eigenvalue weighted by Gasteiger charge is -2.16. The zero-order valence-electron chi connectivity index (χ0n) is 14.5. The summed E-state index contributed by atoms with van der Waals surface area (Å²) in [7, 11) is 6.04. The van der Waals surface area contributed by atoms with Crippen LogP contribution in [0.25, 0.3) is 0 Å². The predicted octanol–water partition coefficient (Wildman–Crippen LogP) is 3.87. The maximum absolute atomic E-state index is 12.1. The van der Waals surface area contributed by atoms with Crippen LogP contribution in [0.1, 0.15) is 15.9 Å². The van der Waals surface area contributed by atoms with Gasteiger partial charge in [0.25, 0.3) is 0 Å². The molecule has 7 heteroatoms. The number of anilines is 1. The minimum atomic E-state index is -0.478. The van der Waals surface area contributed by atoms with Crippen molar-refractivity contribution in [2.45, 2.75) is 6.54 Å². The Bertz CT molecular complexity index is 763. The molecular formula is C18H20BrNO5. The van der Waals surface area contributed by atoms with Crippen LogP contribution < -0.4 is 19.5 Å². The molecule has 2 aromatic carbocycles.